The number of nitrogens with zero attached hydrogens (tertiary/aromatic N) is 2. The van der Waals surface area contributed by atoms with Crippen LogP contribution in [0.4, 0.5) is 4.39 Å². The first-order valence-electron chi connectivity index (χ1n) is 4.74. The molecule has 0 bridgehead atoms. The second-order valence-corrected chi connectivity index (χ2v) is 3.23. The number of ether oxygens (including phenoxy) is 1. The zero-order chi connectivity index (χ0) is 11.5. The number of aliphatic hydroxyl groups excluding tert-OH is 1. The number of aromatic nitrogens is 2. The van der Waals surface area contributed by atoms with Gasteiger partial charge in [-0.3, -0.25) is 0 Å². The van der Waals surface area contributed by atoms with E-state index in [1.165, 1.54) is 23.9 Å². The minimum absolute atomic E-state index is 0.133. The molecule has 0 atom stereocenters. The highest BCUT2D eigenvalue weighted by Gasteiger charge is 2.05. The van der Waals surface area contributed by atoms with Gasteiger partial charge in [0.15, 0.2) is 11.6 Å². The van der Waals surface area contributed by atoms with Crippen molar-refractivity contribution in [2.24, 2.45) is 0 Å². The van der Waals surface area contributed by atoms with Crippen LogP contribution >= 0.6 is 0 Å². The average molecular weight is 222 g/mol. The van der Waals surface area contributed by atoms with Crippen LogP contribution in [0.2, 0.25) is 0 Å². The largest absolute Gasteiger partial charge is 0.494 e. The number of halogens is 1. The van der Waals surface area contributed by atoms with E-state index in [9.17, 15) is 4.39 Å². The number of hydrogen-bond acceptors (Lipinski definition) is 3. The van der Waals surface area contributed by atoms with Gasteiger partial charge in [-0.15, -0.1) is 0 Å². The third kappa shape index (κ3) is 1.90. The van der Waals surface area contributed by atoms with Crippen molar-refractivity contribution >= 4 is 0 Å². The summed E-state index contributed by atoms with van der Waals surface area (Å²) in [5, 5.41) is 12.9. The van der Waals surface area contributed by atoms with Gasteiger partial charge in [-0.05, 0) is 18.2 Å². The molecule has 0 fully saturated rings. The summed E-state index contributed by atoms with van der Waals surface area (Å²) >= 11 is 0. The third-order valence-electron chi connectivity index (χ3n) is 2.21. The molecule has 0 amide bonds. The monoisotopic (exact) mass is 222 g/mol. The summed E-state index contributed by atoms with van der Waals surface area (Å²) in [4.78, 5) is 0. The Kier molecular flexibility index (Phi) is 2.87. The molecule has 1 aromatic heterocycles. The van der Waals surface area contributed by atoms with Crippen LogP contribution in [0.3, 0.4) is 0 Å². The molecule has 0 aliphatic heterocycles. The Bertz CT molecular complexity index is 496. The molecule has 0 spiro atoms. The zero-order valence-electron chi connectivity index (χ0n) is 8.72. The lowest BCUT2D eigenvalue weighted by atomic mass is 10.3. The van der Waals surface area contributed by atoms with Crippen LogP contribution in [0.15, 0.2) is 30.5 Å². The van der Waals surface area contributed by atoms with E-state index in [0.717, 1.165) is 0 Å². The molecular formula is C11H11FN2O2. The Balaban J connectivity index is 2.37. The smallest absolute Gasteiger partial charge is 0.167 e. The minimum atomic E-state index is -0.443. The Hall–Kier alpha value is -1.88. The van der Waals surface area contributed by atoms with Crippen LogP contribution < -0.4 is 4.74 Å². The van der Waals surface area contributed by atoms with Gasteiger partial charge in [0.25, 0.3) is 0 Å². The maximum Gasteiger partial charge on any atom is 0.167 e. The Morgan fingerprint density at radius 2 is 2.25 bits per heavy atom. The normalized spacial score (nSPS) is 10.4. The van der Waals surface area contributed by atoms with E-state index in [1.54, 1.807) is 18.3 Å². The first kappa shape index (κ1) is 10.6. The quantitative estimate of drug-likeness (QED) is 0.856. The fourth-order valence-electron chi connectivity index (χ4n) is 1.39. The van der Waals surface area contributed by atoms with Gasteiger partial charge in [0.1, 0.15) is 0 Å². The maximum atomic E-state index is 13.4. The molecule has 1 N–H and O–H groups in total. The number of methoxy groups -OCH3 is 1. The first-order chi connectivity index (χ1) is 7.74. The maximum absolute atomic E-state index is 13.4. The van der Waals surface area contributed by atoms with Crippen molar-refractivity contribution in [1.29, 1.82) is 0 Å². The van der Waals surface area contributed by atoms with E-state index in [1.807, 2.05) is 0 Å². The van der Waals surface area contributed by atoms with E-state index in [0.29, 0.717) is 11.4 Å². The predicted molar refractivity (Wildman–Crippen MR) is 56.0 cm³/mol. The summed E-state index contributed by atoms with van der Waals surface area (Å²) < 4.78 is 19.7. The van der Waals surface area contributed by atoms with Crippen LogP contribution in [-0.2, 0) is 6.61 Å². The van der Waals surface area contributed by atoms with Gasteiger partial charge in [0.2, 0.25) is 0 Å². The number of hydrogen-bond donors (Lipinski definition) is 1. The standard InChI is InChI=1S/C11H11FN2O2/c1-16-11-3-2-9(6-10(11)12)14-5-4-8(7-15)13-14/h2-6,15H,7H2,1H3. The van der Waals surface area contributed by atoms with Crippen molar-refractivity contribution in [3.63, 3.8) is 0 Å². The summed E-state index contributed by atoms with van der Waals surface area (Å²) in [6.07, 6.45) is 1.66. The molecule has 0 aliphatic rings. The summed E-state index contributed by atoms with van der Waals surface area (Å²) in [5.74, 6) is -0.251. The molecule has 0 aliphatic carbocycles. The number of aliphatic hydroxyl groups is 1. The molecule has 2 rings (SSSR count). The van der Waals surface area contributed by atoms with Crippen molar-refractivity contribution in [3.8, 4) is 11.4 Å². The highest BCUT2D eigenvalue weighted by molar-refractivity contribution is 5.38. The fraction of sp³-hybridized carbons (Fsp3) is 0.182. The predicted octanol–water partition coefficient (Wildman–Crippen LogP) is 1.51. The third-order valence-corrected chi connectivity index (χ3v) is 2.21. The van der Waals surface area contributed by atoms with Crippen molar-refractivity contribution < 1.29 is 14.2 Å². The van der Waals surface area contributed by atoms with Gasteiger partial charge >= 0.3 is 0 Å². The molecule has 0 unspecified atom stereocenters. The minimum Gasteiger partial charge on any atom is -0.494 e. The highest BCUT2D eigenvalue weighted by atomic mass is 19.1. The lowest BCUT2D eigenvalue weighted by Crippen LogP contribution is -1.98. The molecule has 84 valence electrons. The van der Waals surface area contributed by atoms with Gasteiger partial charge < -0.3 is 9.84 Å². The molecule has 16 heavy (non-hydrogen) atoms. The van der Waals surface area contributed by atoms with Gasteiger partial charge in [0, 0.05) is 12.3 Å². The van der Waals surface area contributed by atoms with Crippen LogP contribution in [0.1, 0.15) is 5.69 Å². The number of rotatable bonds is 3. The number of benzene rings is 1. The molecule has 0 saturated heterocycles. The van der Waals surface area contributed by atoms with Gasteiger partial charge in [-0.1, -0.05) is 0 Å². The summed E-state index contributed by atoms with van der Waals surface area (Å²) in [5.41, 5.74) is 1.12. The van der Waals surface area contributed by atoms with Crippen LogP contribution in [0.25, 0.3) is 5.69 Å². The Labute approximate surface area is 91.9 Å². The van der Waals surface area contributed by atoms with Crippen LogP contribution in [-0.4, -0.2) is 22.0 Å². The lowest BCUT2D eigenvalue weighted by Gasteiger charge is -2.04. The van der Waals surface area contributed by atoms with E-state index < -0.39 is 5.82 Å². The summed E-state index contributed by atoms with van der Waals surface area (Å²) in [7, 11) is 1.41. The van der Waals surface area contributed by atoms with Crippen molar-refractivity contribution in [2.45, 2.75) is 6.61 Å². The van der Waals surface area contributed by atoms with E-state index in [-0.39, 0.29) is 12.4 Å². The molecule has 5 heteroatoms. The molecule has 1 aromatic carbocycles. The lowest BCUT2D eigenvalue weighted by molar-refractivity contribution is 0.276. The molecule has 2 aromatic rings. The molecule has 4 nitrogen and oxygen atoms in total. The van der Waals surface area contributed by atoms with Crippen molar-refractivity contribution in [2.75, 3.05) is 7.11 Å². The Morgan fingerprint density at radius 1 is 1.44 bits per heavy atom. The van der Waals surface area contributed by atoms with Crippen molar-refractivity contribution in [1.82, 2.24) is 9.78 Å². The molecular weight excluding hydrogens is 211 g/mol. The second-order valence-electron chi connectivity index (χ2n) is 3.23. The highest BCUT2D eigenvalue weighted by Crippen LogP contribution is 2.19. The van der Waals surface area contributed by atoms with Crippen molar-refractivity contribution in [3.05, 3.63) is 42.0 Å². The van der Waals surface area contributed by atoms with Gasteiger partial charge in [0.05, 0.1) is 25.1 Å². The molecule has 0 radical (unpaired) electrons. The second kappa shape index (κ2) is 4.32. The van der Waals surface area contributed by atoms with Crippen LogP contribution in [0.5, 0.6) is 5.75 Å². The fourth-order valence-corrected chi connectivity index (χ4v) is 1.39. The summed E-state index contributed by atoms with van der Waals surface area (Å²) in [6.45, 7) is -0.133. The Morgan fingerprint density at radius 3 is 2.81 bits per heavy atom. The van der Waals surface area contributed by atoms with Gasteiger partial charge in [-0.2, -0.15) is 5.10 Å². The van der Waals surface area contributed by atoms with E-state index in [4.69, 9.17) is 9.84 Å². The summed E-state index contributed by atoms with van der Waals surface area (Å²) in [6, 6.07) is 6.22. The van der Waals surface area contributed by atoms with Gasteiger partial charge in [-0.25, -0.2) is 9.07 Å². The first-order valence-corrected chi connectivity index (χ1v) is 4.74. The molecule has 0 saturated carbocycles. The average Bonchev–Trinajstić information content (AvgIpc) is 2.77. The topological polar surface area (TPSA) is 47.3 Å². The SMILES string of the molecule is COc1ccc(-n2ccc(CO)n2)cc1F. The van der Waals surface area contributed by atoms with Crippen LogP contribution in [0, 0.1) is 5.82 Å². The molecule has 1 heterocycles. The van der Waals surface area contributed by atoms with E-state index >= 15 is 0 Å². The zero-order valence-corrected chi connectivity index (χ0v) is 8.72. The van der Waals surface area contributed by atoms with E-state index in [2.05, 4.69) is 5.10 Å².